The van der Waals surface area contributed by atoms with Crippen LogP contribution in [-0.4, -0.2) is 15.5 Å². The van der Waals surface area contributed by atoms with Crippen molar-refractivity contribution >= 4 is 50.7 Å². The van der Waals surface area contributed by atoms with Crippen molar-refractivity contribution in [2.45, 2.75) is 32.4 Å². The van der Waals surface area contributed by atoms with Gasteiger partial charge in [0.15, 0.2) is 0 Å². The molecular formula is C18H15Cl2N3O2S. The molecule has 2 heterocycles. The largest absolute Gasteiger partial charge is 0.350 e. The SMILES string of the molecule is O=C(Cn1cnc2sc3c(c2c1=O)CCC3)NCc1ccc(Cl)cc1Cl. The molecule has 2 aromatic heterocycles. The van der Waals surface area contributed by atoms with Crippen molar-refractivity contribution in [2.24, 2.45) is 0 Å². The van der Waals surface area contributed by atoms with Gasteiger partial charge in [-0.2, -0.15) is 0 Å². The summed E-state index contributed by atoms with van der Waals surface area (Å²) in [5.74, 6) is -0.272. The number of carbonyl (C=O) groups excluding carboxylic acids is 1. The summed E-state index contributed by atoms with van der Waals surface area (Å²) in [4.78, 5) is 31.4. The predicted molar refractivity (Wildman–Crippen MR) is 104 cm³/mol. The van der Waals surface area contributed by atoms with Crippen LogP contribution in [0.4, 0.5) is 0 Å². The van der Waals surface area contributed by atoms with E-state index in [1.54, 1.807) is 29.5 Å². The molecule has 0 saturated heterocycles. The monoisotopic (exact) mass is 407 g/mol. The molecular weight excluding hydrogens is 393 g/mol. The van der Waals surface area contributed by atoms with E-state index in [0.717, 1.165) is 35.2 Å². The molecule has 26 heavy (non-hydrogen) atoms. The van der Waals surface area contributed by atoms with Crippen LogP contribution in [-0.2, 0) is 30.7 Å². The molecule has 1 N–H and O–H groups in total. The van der Waals surface area contributed by atoms with Crippen LogP contribution in [0.25, 0.3) is 10.2 Å². The van der Waals surface area contributed by atoms with E-state index in [2.05, 4.69) is 10.3 Å². The number of fused-ring (bicyclic) bond motifs is 3. The van der Waals surface area contributed by atoms with Gasteiger partial charge in [-0.1, -0.05) is 29.3 Å². The van der Waals surface area contributed by atoms with E-state index in [1.165, 1.54) is 15.8 Å². The molecule has 1 aliphatic rings. The number of nitrogens with zero attached hydrogens (tertiary/aromatic N) is 2. The molecule has 1 aliphatic carbocycles. The standard InChI is InChI=1S/C18H15Cl2N3O2S/c19-11-5-4-10(13(20)6-11)7-21-15(24)8-23-9-22-17-16(18(23)25)12-2-1-3-14(12)26-17/h4-6,9H,1-3,7-8H2,(H,21,24). The lowest BCUT2D eigenvalue weighted by Crippen LogP contribution is -2.32. The zero-order chi connectivity index (χ0) is 18.3. The molecule has 0 aliphatic heterocycles. The van der Waals surface area contributed by atoms with Crippen LogP contribution in [0, 0.1) is 0 Å². The minimum atomic E-state index is -0.272. The minimum Gasteiger partial charge on any atom is -0.350 e. The maximum absolute atomic E-state index is 12.8. The highest BCUT2D eigenvalue weighted by molar-refractivity contribution is 7.18. The van der Waals surface area contributed by atoms with Crippen LogP contribution in [0.1, 0.15) is 22.4 Å². The number of rotatable bonds is 4. The Morgan fingerprint density at radius 2 is 2.15 bits per heavy atom. The first-order valence-corrected chi connectivity index (χ1v) is 9.80. The lowest BCUT2D eigenvalue weighted by molar-refractivity contribution is -0.121. The highest BCUT2D eigenvalue weighted by Crippen LogP contribution is 2.34. The minimum absolute atomic E-state index is 0.0718. The Hall–Kier alpha value is -1.89. The number of benzene rings is 1. The van der Waals surface area contributed by atoms with Gasteiger partial charge in [0.1, 0.15) is 11.4 Å². The first kappa shape index (κ1) is 17.5. The van der Waals surface area contributed by atoms with Crippen molar-refractivity contribution in [3.05, 3.63) is 60.9 Å². The molecule has 3 aromatic rings. The Kier molecular flexibility index (Phi) is 4.73. The number of aromatic nitrogens is 2. The lowest BCUT2D eigenvalue weighted by Gasteiger charge is -2.09. The van der Waals surface area contributed by atoms with Crippen LogP contribution in [0.5, 0.6) is 0 Å². The average molecular weight is 408 g/mol. The third-order valence-corrected chi connectivity index (χ3v) is 6.28. The number of hydrogen-bond donors (Lipinski definition) is 1. The summed E-state index contributed by atoms with van der Waals surface area (Å²) in [6.07, 6.45) is 4.45. The van der Waals surface area contributed by atoms with Gasteiger partial charge in [0.25, 0.3) is 5.56 Å². The summed E-state index contributed by atoms with van der Waals surface area (Å²) in [5.41, 5.74) is 1.74. The van der Waals surface area contributed by atoms with E-state index in [0.29, 0.717) is 15.4 Å². The molecule has 0 saturated carbocycles. The molecule has 134 valence electrons. The van der Waals surface area contributed by atoms with Crippen LogP contribution in [0.3, 0.4) is 0 Å². The van der Waals surface area contributed by atoms with Crippen molar-refractivity contribution in [1.82, 2.24) is 14.9 Å². The second-order valence-corrected chi connectivity index (χ2v) is 8.15. The molecule has 1 amide bonds. The summed E-state index contributed by atoms with van der Waals surface area (Å²) in [5, 5.41) is 4.49. The zero-order valence-corrected chi connectivity index (χ0v) is 16.0. The average Bonchev–Trinajstić information content (AvgIpc) is 3.17. The summed E-state index contributed by atoms with van der Waals surface area (Å²) in [6, 6.07) is 5.11. The van der Waals surface area contributed by atoms with Gasteiger partial charge in [0, 0.05) is 21.5 Å². The van der Waals surface area contributed by atoms with E-state index in [9.17, 15) is 9.59 Å². The second-order valence-electron chi connectivity index (χ2n) is 6.23. The first-order chi connectivity index (χ1) is 12.5. The van der Waals surface area contributed by atoms with Crippen molar-refractivity contribution in [3.63, 3.8) is 0 Å². The Labute approximate surface area is 163 Å². The highest BCUT2D eigenvalue weighted by atomic mass is 35.5. The molecule has 0 spiro atoms. The highest BCUT2D eigenvalue weighted by Gasteiger charge is 2.21. The summed E-state index contributed by atoms with van der Waals surface area (Å²) in [6.45, 7) is 0.199. The molecule has 0 fully saturated rings. The van der Waals surface area contributed by atoms with Crippen LogP contribution in [0.15, 0.2) is 29.3 Å². The van der Waals surface area contributed by atoms with Crippen molar-refractivity contribution in [2.75, 3.05) is 0 Å². The van der Waals surface area contributed by atoms with Gasteiger partial charge in [-0.25, -0.2) is 4.98 Å². The summed E-state index contributed by atoms with van der Waals surface area (Å²) >= 11 is 13.6. The number of thiophene rings is 1. The van der Waals surface area contributed by atoms with E-state index >= 15 is 0 Å². The van der Waals surface area contributed by atoms with E-state index in [-0.39, 0.29) is 24.6 Å². The van der Waals surface area contributed by atoms with E-state index in [1.807, 2.05) is 0 Å². The summed E-state index contributed by atoms with van der Waals surface area (Å²) < 4.78 is 1.37. The fourth-order valence-electron chi connectivity index (χ4n) is 3.20. The molecule has 0 radical (unpaired) electrons. The van der Waals surface area contributed by atoms with Gasteiger partial charge in [-0.15, -0.1) is 11.3 Å². The molecule has 0 atom stereocenters. The van der Waals surface area contributed by atoms with Crippen LogP contribution < -0.4 is 10.9 Å². The van der Waals surface area contributed by atoms with Gasteiger partial charge < -0.3 is 5.32 Å². The molecule has 4 rings (SSSR count). The second kappa shape index (κ2) is 7.02. The van der Waals surface area contributed by atoms with Crippen molar-refractivity contribution < 1.29 is 4.79 Å². The normalized spacial score (nSPS) is 13.2. The Morgan fingerprint density at radius 3 is 2.96 bits per heavy atom. The third kappa shape index (κ3) is 3.24. The number of hydrogen-bond acceptors (Lipinski definition) is 4. The fourth-order valence-corrected chi connectivity index (χ4v) is 4.90. The van der Waals surface area contributed by atoms with Crippen LogP contribution in [0.2, 0.25) is 10.0 Å². The number of carbonyl (C=O) groups is 1. The molecule has 5 nitrogen and oxygen atoms in total. The molecule has 0 unspecified atom stereocenters. The maximum atomic E-state index is 12.8. The van der Waals surface area contributed by atoms with Gasteiger partial charge in [-0.05, 0) is 42.5 Å². The number of aryl methyl sites for hydroxylation is 2. The first-order valence-electron chi connectivity index (χ1n) is 8.23. The molecule has 8 heteroatoms. The predicted octanol–water partition coefficient (Wildman–Crippen LogP) is 3.57. The topological polar surface area (TPSA) is 64.0 Å². The molecule has 0 bridgehead atoms. The number of halogens is 2. The Morgan fingerprint density at radius 1 is 1.31 bits per heavy atom. The van der Waals surface area contributed by atoms with Gasteiger partial charge in [-0.3, -0.25) is 14.2 Å². The Bertz CT molecular complexity index is 1070. The number of nitrogens with one attached hydrogen (secondary N) is 1. The third-order valence-electron chi connectivity index (χ3n) is 4.50. The fraction of sp³-hybridized carbons (Fsp3) is 0.278. The smallest absolute Gasteiger partial charge is 0.262 e. The lowest BCUT2D eigenvalue weighted by atomic mass is 10.2. The van der Waals surface area contributed by atoms with E-state index < -0.39 is 0 Å². The summed E-state index contributed by atoms with van der Waals surface area (Å²) in [7, 11) is 0. The molecule has 1 aromatic carbocycles. The Balaban J connectivity index is 1.51. The van der Waals surface area contributed by atoms with Crippen molar-refractivity contribution in [3.8, 4) is 0 Å². The zero-order valence-electron chi connectivity index (χ0n) is 13.7. The number of amides is 1. The maximum Gasteiger partial charge on any atom is 0.262 e. The van der Waals surface area contributed by atoms with Crippen LogP contribution >= 0.6 is 34.5 Å². The quantitative estimate of drug-likeness (QED) is 0.718. The van der Waals surface area contributed by atoms with E-state index in [4.69, 9.17) is 23.2 Å². The van der Waals surface area contributed by atoms with Crippen molar-refractivity contribution in [1.29, 1.82) is 0 Å². The van der Waals surface area contributed by atoms with Gasteiger partial charge in [0.2, 0.25) is 5.91 Å². The van der Waals surface area contributed by atoms with Gasteiger partial charge in [0.05, 0.1) is 11.7 Å². The van der Waals surface area contributed by atoms with Gasteiger partial charge >= 0.3 is 0 Å².